The van der Waals surface area contributed by atoms with Crippen LogP contribution >= 0.6 is 0 Å². The number of rotatable bonds is 5. The van der Waals surface area contributed by atoms with Crippen LogP contribution in [0.5, 0.6) is 5.75 Å². The lowest BCUT2D eigenvalue weighted by Crippen LogP contribution is -2.36. The van der Waals surface area contributed by atoms with Crippen molar-refractivity contribution < 1.29 is 13.9 Å². The number of likely N-dealkylation sites (tertiary alicyclic amines) is 1. The lowest BCUT2D eigenvalue weighted by molar-refractivity contribution is 0.0724. The fraction of sp³-hybridized carbons (Fsp3) is 0.375. The Hall–Kier alpha value is -3.22. The fourth-order valence-corrected chi connectivity index (χ4v) is 3.98. The van der Waals surface area contributed by atoms with Crippen LogP contribution in [0.2, 0.25) is 0 Å². The molecule has 31 heavy (non-hydrogen) atoms. The third kappa shape index (κ3) is 4.93. The second-order valence-electron chi connectivity index (χ2n) is 8.17. The highest BCUT2D eigenvalue weighted by molar-refractivity contribution is 5.98. The third-order valence-electron chi connectivity index (χ3n) is 5.69. The Morgan fingerprint density at radius 2 is 1.94 bits per heavy atom. The molecular formula is C24H27FN4O2. The SMILES string of the molecule is Cc1ccc(-n2nccn2)c(C(=O)N2CCCCC(COc3ccc(F)c(C)c3)C2)c1. The third-order valence-corrected chi connectivity index (χ3v) is 5.69. The van der Waals surface area contributed by atoms with E-state index in [1.54, 1.807) is 31.5 Å². The number of carbonyl (C=O) groups excluding carboxylic acids is 1. The molecule has 1 atom stereocenters. The number of amides is 1. The normalized spacial score (nSPS) is 16.7. The number of hydrogen-bond donors (Lipinski definition) is 0. The first kappa shape index (κ1) is 21.0. The smallest absolute Gasteiger partial charge is 0.256 e. The van der Waals surface area contributed by atoms with Gasteiger partial charge in [-0.05, 0) is 62.6 Å². The average Bonchev–Trinajstić information content (AvgIpc) is 3.19. The fourth-order valence-electron chi connectivity index (χ4n) is 3.98. The van der Waals surface area contributed by atoms with Gasteiger partial charge in [-0.25, -0.2) is 4.39 Å². The maximum Gasteiger partial charge on any atom is 0.256 e. The van der Waals surface area contributed by atoms with Gasteiger partial charge in [0.05, 0.1) is 30.3 Å². The van der Waals surface area contributed by atoms with Crippen LogP contribution in [-0.4, -0.2) is 45.5 Å². The molecule has 1 saturated heterocycles. The first-order valence-electron chi connectivity index (χ1n) is 10.7. The molecule has 0 N–H and O–H groups in total. The Morgan fingerprint density at radius 1 is 1.13 bits per heavy atom. The van der Waals surface area contributed by atoms with E-state index in [2.05, 4.69) is 10.2 Å². The predicted molar refractivity (Wildman–Crippen MR) is 116 cm³/mol. The zero-order chi connectivity index (χ0) is 21.8. The van der Waals surface area contributed by atoms with E-state index < -0.39 is 0 Å². The van der Waals surface area contributed by atoms with Crippen LogP contribution in [0.25, 0.3) is 5.69 Å². The minimum Gasteiger partial charge on any atom is -0.493 e. The van der Waals surface area contributed by atoms with E-state index in [1.165, 1.54) is 10.9 Å². The van der Waals surface area contributed by atoms with Crippen molar-refractivity contribution in [2.75, 3.05) is 19.7 Å². The largest absolute Gasteiger partial charge is 0.493 e. The van der Waals surface area contributed by atoms with Crippen LogP contribution in [0, 0.1) is 25.6 Å². The molecule has 0 spiro atoms. The van der Waals surface area contributed by atoms with Crippen molar-refractivity contribution in [3.8, 4) is 11.4 Å². The zero-order valence-corrected chi connectivity index (χ0v) is 17.9. The molecular weight excluding hydrogens is 395 g/mol. The molecule has 2 heterocycles. The number of carbonyl (C=O) groups is 1. The standard InChI is InChI=1S/C24H27FN4O2/c1-17-6-9-23(29-26-10-11-27-29)21(13-17)24(30)28-12-4-3-5-19(15-28)16-31-20-7-8-22(25)18(2)14-20/h6-11,13-14,19H,3-5,12,15-16H2,1-2H3. The molecule has 1 aromatic heterocycles. The monoisotopic (exact) mass is 422 g/mol. The van der Waals surface area contributed by atoms with Gasteiger partial charge in [-0.15, -0.1) is 0 Å². The number of halogens is 1. The predicted octanol–water partition coefficient (Wildman–Crippen LogP) is 4.34. The van der Waals surface area contributed by atoms with Gasteiger partial charge >= 0.3 is 0 Å². The summed E-state index contributed by atoms with van der Waals surface area (Å²) in [6, 6.07) is 10.5. The van der Waals surface area contributed by atoms with Crippen LogP contribution in [0.15, 0.2) is 48.8 Å². The molecule has 0 saturated carbocycles. The topological polar surface area (TPSA) is 60.2 Å². The van der Waals surface area contributed by atoms with E-state index in [9.17, 15) is 9.18 Å². The summed E-state index contributed by atoms with van der Waals surface area (Å²) in [5, 5.41) is 8.40. The summed E-state index contributed by atoms with van der Waals surface area (Å²) in [6.07, 6.45) is 6.20. The van der Waals surface area contributed by atoms with Crippen molar-refractivity contribution in [2.24, 2.45) is 5.92 Å². The van der Waals surface area contributed by atoms with Gasteiger partial charge in [-0.2, -0.15) is 15.0 Å². The van der Waals surface area contributed by atoms with E-state index in [4.69, 9.17) is 4.74 Å². The molecule has 1 aliphatic rings. The molecule has 3 aromatic rings. The van der Waals surface area contributed by atoms with Gasteiger partial charge in [0.15, 0.2) is 0 Å². The van der Waals surface area contributed by atoms with Gasteiger partial charge in [0.1, 0.15) is 11.6 Å². The van der Waals surface area contributed by atoms with E-state index in [-0.39, 0.29) is 17.6 Å². The van der Waals surface area contributed by atoms with Gasteiger partial charge < -0.3 is 9.64 Å². The highest BCUT2D eigenvalue weighted by Crippen LogP contribution is 2.24. The minimum absolute atomic E-state index is 0.0134. The molecule has 0 bridgehead atoms. The van der Waals surface area contributed by atoms with Crippen molar-refractivity contribution in [3.63, 3.8) is 0 Å². The maximum absolute atomic E-state index is 13.5. The van der Waals surface area contributed by atoms with Crippen molar-refractivity contribution in [2.45, 2.75) is 33.1 Å². The molecule has 1 aliphatic heterocycles. The van der Waals surface area contributed by atoms with Crippen LogP contribution in [0.3, 0.4) is 0 Å². The number of nitrogens with zero attached hydrogens (tertiary/aromatic N) is 4. The molecule has 162 valence electrons. The molecule has 6 nitrogen and oxygen atoms in total. The summed E-state index contributed by atoms with van der Waals surface area (Å²) in [5.41, 5.74) is 2.86. The molecule has 1 unspecified atom stereocenters. The molecule has 2 aromatic carbocycles. The van der Waals surface area contributed by atoms with Gasteiger partial charge in [-0.1, -0.05) is 18.1 Å². The highest BCUT2D eigenvalue weighted by atomic mass is 19.1. The minimum atomic E-state index is -0.237. The first-order chi connectivity index (χ1) is 15.0. The van der Waals surface area contributed by atoms with Gasteiger partial charge in [0.25, 0.3) is 5.91 Å². The lowest BCUT2D eigenvalue weighted by atomic mass is 10.0. The molecule has 1 fully saturated rings. The van der Waals surface area contributed by atoms with Crippen LogP contribution in [0.4, 0.5) is 4.39 Å². The van der Waals surface area contributed by atoms with Gasteiger partial charge in [0, 0.05) is 19.0 Å². The summed E-state index contributed by atoms with van der Waals surface area (Å²) >= 11 is 0. The zero-order valence-electron chi connectivity index (χ0n) is 17.9. The Balaban J connectivity index is 1.49. The number of benzene rings is 2. The summed E-state index contributed by atoms with van der Waals surface area (Å²) in [5.74, 6) is 0.624. The van der Waals surface area contributed by atoms with Gasteiger partial charge in [0.2, 0.25) is 0 Å². The quantitative estimate of drug-likeness (QED) is 0.614. The summed E-state index contributed by atoms with van der Waals surface area (Å²) in [6.45, 7) is 5.53. The first-order valence-corrected chi connectivity index (χ1v) is 10.7. The molecule has 0 radical (unpaired) electrons. The Bertz CT molecular complexity index is 1050. The van der Waals surface area contributed by atoms with Gasteiger partial charge in [-0.3, -0.25) is 4.79 Å². The molecule has 0 aliphatic carbocycles. The summed E-state index contributed by atoms with van der Waals surface area (Å²) in [7, 11) is 0. The van der Waals surface area contributed by atoms with Crippen molar-refractivity contribution in [3.05, 3.63) is 71.3 Å². The van der Waals surface area contributed by atoms with Crippen LogP contribution < -0.4 is 4.74 Å². The van der Waals surface area contributed by atoms with E-state index in [0.717, 1.165) is 24.8 Å². The highest BCUT2D eigenvalue weighted by Gasteiger charge is 2.26. The van der Waals surface area contributed by atoms with E-state index in [1.807, 2.05) is 30.0 Å². The molecule has 7 heteroatoms. The summed E-state index contributed by atoms with van der Waals surface area (Å²) in [4.78, 5) is 16.9. The average molecular weight is 423 g/mol. The molecule has 4 rings (SSSR count). The number of aromatic nitrogens is 3. The Kier molecular flexibility index (Phi) is 6.30. The number of hydrogen-bond acceptors (Lipinski definition) is 4. The van der Waals surface area contributed by atoms with Crippen molar-refractivity contribution in [1.29, 1.82) is 0 Å². The van der Waals surface area contributed by atoms with Crippen molar-refractivity contribution in [1.82, 2.24) is 19.9 Å². The maximum atomic E-state index is 13.5. The van der Waals surface area contributed by atoms with E-state index >= 15 is 0 Å². The number of ether oxygens (including phenoxy) is 1. The number of aryl methyl sites for hydroxylation is 2. The van der Waals surface area contributed by atoms with Crippen molar-refractivity contribution >= 4 is 5.91 Å². The second kappa shape index (κ2) is 9.29. The lowest BCUT2D eigenvalue weighted by Gasteiger charge is -2.25. The molecule has 1 amide bonds. The van der Waals surface area contributed by atoms with E-state index in [0.29, 0.717) is 42.3 Å². The summed E-state index contributed by atoms with van der Waals surface area (Å²) < 4.78 is 19.4. The second-order valence-corrected chi connectivity index (χ2v) is 8.17. The van der Waals surface area contributed by atoms with Crippen LogP contribution in [-0.2, 0) is 0 Å². The Labute approximate surface area is 181 Å². The van der Waals surface area contributed by atoms with Crippen LogP contribution in [0.1, 0.15) is 40.7 Å². The Morgan fingerprint density at radius 3 is 2.71 bits per heavy atom.